The summed E-state index contributed by atoms with van der Waals surface area (Å²) in [7, 11) is 0. The molecular weight excluding hydrogens is 244 g/mol. The minimum Gasteiger partial charge on any atom is -0.480 e. The summed E-state index contributed by atoms with van der Waals surface area (Å²) in [6.07, 6.45) is 1.20. The molecule has 1 aliphatic rings. The number of hydrogen-bond donors (Lipinski definition) is 2. The van der Waals surface area contributed by atoms with Gasteiger partial charge in [0.15, 0.2) is 0 Å². The van der Waals surface area contributed by atoms with Crippen molar-refractivity contribution in [2.45, 2.75) is 32.2 Å². The van der Waals surface area contributed by atoms with Crippen molar-refractivity contribution in [1.29, 1.82) is 0 Å². The average molecular weight is 262 g/mol. The number of carboxylic acid groups (broad SMARTS) is 1. The van der Waals surface area contributed by atoms with Gasteiger partial charge in [0.1, 0.15) is 5.54 Å². The quantitative estimate of drug-likeness (QED) is 0.860. The Kier molecular flexibility index (Phi) is 3.46. The van der Waals surface area contributed by atoms with Crippen molar-refractivity contribution in [2.24, 2.45) is 0 Å². The molecule has 5 heteroatoms. The average Bonchev–Trinajstić information content (AvgIpc) is 2.73. The van der Waals surface area contributed by atoms with Crippen molar-refractivity contribution in [3.8, 4) is 0 Å². The van der Waals surface area contributed by atoms with Crippen LogP contribution in [-0.4, -0.2) is 34.1 Å². The summed E-state index contributed by atoms with van der Waals surface area (Å²) in [5, 5.41) is 12.0. The zero-order chi connectivity index (χ0) is 14.0. The molecule has 5 nitrogen and oxygen atoms in total. The van der Waals surface area contributed by atoms with Gasteiger partial charge in [-0.1, -0.05) is 12.1 Å². The molecule has 19 heavy (non-hydrogen) atoms. The summed E-state index contributed by atoms with van der Waals surface area (Å²) in [5.74, 6) is -0.954. The molecule has 2 N–H and O–H groups in total. The van der Waals surface area contributed by atoms with E-state index in [4.69, 9.17) is 0 Å². The number of hydrogen-bond acceptors (Lipinski definition) is 2. The standard InChI is InChI=1S/C14H18N2O3/c1-10-5-3-6-11(9-10)15-13(19)16-8-4-7-14(16,2)12(17)18/h3,5-6,9H,4,7-8H2,1-2H3,(H,15,19)(H,17,18). The van der Waals surface area contributed by atoms with Crippen LogP contribution in [0.15, 0.2) is 24.3 Å². The topological polar surface area (TPSA) is 69.6 Å². The van der Waals surface area contributed by atoms with E-state index < -0.39 is 11.5 Å². The van der Waals surface area contributed by atoms with E-state index in [0.717, 1.165) is 5.56 Å². The number of carbonyl (C=O) groups is 2. The highest BCUT2D eigenvalue weighted by molar-refractivity contribution is 5.94. The Morgan fingerprint density at radius 3 is 2.79 bits per heavy atom. The molecule has 1 fully saturated rings. The maximum Gasteiger partial charge on any atom is 0.329 e. The number of likely N-dealkylation sites (tertiary alicyclic amines) is 1. The zero-order valence-corrected chi connectivity index (χ0v) is 11.1. The van der Waals surface area contributed by atoms with E-state index >= 15 is 0 Å². The number of carboxylic acids is 1. The van der Waals surface area contributed by atoms with E-state index in [2.05, 4.69) is 5.32 Å². The lowest BCUT2D eigenvalue weighted by Crippen LogP contribution is -2.52. The molecule has 1 aromatic carbocycles. The number of anilines is 1. The van der Waals surface area contributed by atoms with Crippen LogP contribution in [0, 0.1) is 6.92 Å². The van der Waals surface area contributed by atoms with E-state index in [1.165, 1.54) is 4.90 Å². The molecule has 1 unspecified atom stereocenters. The first-order chi connectivity index (χ1) is 8.93. The van der Waals surface area contributed by atoms with Gasteiger partial charge < -0.3 is 15.3 Å². The van der Waals surface area contributed by atoms with Crippen LogP contribution in [-0.2, 0) is 4.79 Å². The van der Waals surface area contributed by atoms with E-state index in [1.54, 1.807) is 13.0 Å². The molecule has 2 rings (SSSR count). The fourth-order valence-electron chi connectivity index (χ4n) is 2.42. The monoisotopic (exact) mass is 262 g/mol. The molecule has 0 bridgehead atoms. The van der Waals surface area contributed by atoms with Crippen LogP contribution in [0.5, 0.6) is 0 Å². The number of amides is 2. The van der Waals surface area contributed by atoms with Gasteiger partial charge in [0, 0.05) is 12.2 Å². The lowest BCUT2D eigenvalue weighted by atomic mass is 10.00. The molecule has 1 aromatic rings. The van der Waals surface area contributed by atoms with E-state index in [9.17, 15) is 14.7 Å². The van der Waals surface area contributed by atoms with Crippen LogP contribution >= 0.6 is 0 Å². The fourth-order valence-corrected chi connectivity index (χ4v) is 2.42. The molecule has 0 aromatic heterocycles. The van der Waals surface area contributed by atoms with Gasteiger partial charge in [0.05, 0.1) is 0 Å². The molecular formula is C14H18N2O3. The second-order valence-corrected chi connectivity index (χ2v) is 5.13. The van der Waals surface area contributed by atoms with Crippen LogP contribution in [0.2, 0.25) is 0 Å². The maximum absolute atomic E-state index is 12.2. The minimum atomic E-state index is -1.10. The molecule has 1 atom stereocenters. The number of nitrogens with zero attached hydrogens (tertiary/aromatic N) is 1. The number of carbonyl (C=O) groups excluding carboxylic acids is 1. The Labute approximate surface area is 112 Å². The number of rotatable bonds is 2. The van der Waals surface area contributed by atoms with Gasteiger partial charge in [-0.2, -0.15) is 0 Å². The predicted octanol–water partition coefficient (Wildman–Crippen LogP) is 2.47. The summed E-state index contributed by atoms with van der Waals surface area (Å²) >= 11 is 0. The molecule has 1 aliphatic heterocycles. The third-order valence-corrected chi connectivity index (χ3v) is 3.62. The number of benzene rings is 1. The van der Waals surface area contributed by atoms with Crippen molar-refractivity contribution in [2.75, 3.05) is 11.9 Å². The van der Waals surface area contributed by atoms with Crippen LogP contribution in [0.4, 0.5) is 10.5 Å². The highest BCUT2D eigenvalue weighted by atomic mass is 16.4. The van der Waals surface area contributed by atoms with E-state index in [-0.39, 0.29) is 6.03 Å². The number of nitrogens with one attached hydrogen (secondary N) is 1. The van der Waals surface area contributed by atoms with Crippen LogP contribution in [0.3, 0.4) is 0 Å². The van der Waals surface area contributed by atoms with Crippen LogP contribution < -0.4 is 5.32 Å². The molecule has 102 valence electrons. The number of urea groups is 1. The first-order valence-corrected chi connectivity index (χ1v) is 6.32. The van der Waals surface area contributed by atoms with E-state index in [1.807, 2.05) is 25.1 Å². The Bertz CT molecular complexity index is 515. The highest BCUT2D eigenvalue weighted by Gasteiger charge is 2.45. The molecule has 0 spiro atoms. The minimum absolute atomic E-state index is 0.354. The normalized spacial score (nSPS) is 22.3. The third kappa shape index (κ3) is 2.54. The van der Waals surface area contributed by atoms with Gasteiger partial charge in [0.2, 0.25) is 0 Å². The van der Waals surface area contributed by atoms with Crippen molar-refractivity contribution in [1.82, 2.24) is 4.90 Å². The van der Waals surface area contributed by atoms with Gasteiger partial charge in [-0.15, -0.1) is 0 Å². The summed E-state index contributed by atoms with van der Waals surface area (Å²) in [4.78, 5) is 24.9. The second kappa shape index (κ2) is 4.91. The van der Waals surface area contributed by atoms with Gasteiger partial charge in [-0.25, -0.2) is 9.59 Å². The lowest BCUT2D eigenvalue weighted by molar-refractivity contribution is -0.146. The van der Waals surface area contributed by atoms with Crippen molar-refractivity contribution < 1.29 is 14.7 Å². The van der Waals surface area contributed by atoms with Gasteiger partial charge in [-0.05, 0) is 44.4 Å². The third-order valence-electron chi connectivity index (χ3n) is 3.62. The zero-order valence-electron chi connectivity index (χ0n) is 11.1. The molecule has 0 saturated carbocycles. The highest BCUT2D eigenvalue weighted by Crippen LogP contribution is 2.29. The predicted molar refractivity (Wildman–Crippen MR) is 72.2 cm³/mol. The molecule has 0 radical (unpaired) electrons. The Hall–Kier alpha value is -2.04. The molecule has 0 aliphatic carbocycles. The summed E-state index contributed by atoms with van der Waals surface area (Å²) < 4.78 is 0. The Balaban J connectivity index is 2.14. The van der Waals surface area contributed by atoms with Gasteiger partial charge in [0.25, 0.3) is 0 Å². The fraction of sp³-hybridized carbons (Fsp3) is 0.429. The molecule has 1 heterocycles. The maximum atomic E-state index is 12.2. The first kappa shape index (κ1) is 13.4. The van der Waals surface area contributed by atoms with Crippen molar-refractivity contribution in [3.63, 3.8) is 0 Å². The first-order valence-electron chi connectivity index (χ1n) is 6.32. The smallest absolute Gasteiger partial charge is 0.329 e. The number of aliphatic carboxylic acids is 1. The Morgan fingerprint density at radius 1 is 1.42 bits per heavy atom. The summed E-state index contributed by atoms with van der Waals surface area (Å²) in [5.41, 5.74) is 0.623. The van der Waals surface area contributed by atoms with Crippen molar-refractivity contribution in [3.05, 3.63) is 29.8 Å². The van der Waals surface area contributed by atoms with Gasteiger partial charge >= 0.3 is 12.0 Å². The van der Waals surface area contributed by atoms with Crippen molar-refractivity contribution >= 4 is 17.7 Å². The second-order valence-electron chi connectivity index (χ2n) is 5.13. The van der Waals surface area contributed by atoms with Crippen LogP contribution in [0.25, 0.3) is 0 Å². The summed E-state index contributed by atoms with van der Waals surface area (Å²) in [6.45, 7) is 4.01. The lowest BCUT2D eigenvalue weighted by Gasteiger charge is -2.31. The largest absolute Gasteiger partial charge is 0.480 e. The van der Waals surface area contributed by atoms with E-state index in [0.29, 0.717) is 25.1 Å². The van der Waals surface area contributed by atoms with Crippen LogP contribution in [0.1, 0.15) is 25.3 Å². The molecule has 1 saturated heterocycles. The molecule has 2 amide bonds. The summed E-state index contributed by atoms with van der Waals surface area (Å²) in [6, 6.07) is 7.08. The van der Waals surface area contributed by atoms with Gasteiger partial charge in [-0.3, -0.25) is 0 Å². The SMILES string of the molecule is Cc1cccc(NC(=O)N2CCCC2(C)C(=O)O)c1. The Morgan fingerprint density at radius 2 is 2.16 bits per heavy atom. The number of aryl methyl sites for hydroxylation is 1.